The summed E-state index contributed by atoms with van der Waals surface area (Å²) in [5.74, 6) is 0.668. The number of hydrogen-bond acceptors (Lipinski definition) is 4. The predicted octanol–water partition coefficient (Wildman–Crippen LogP) is 1.44. The summed E-state index contributed by atoms with van der Waals surface area (Å²) in [6.45, 7) is 8.70. The summed E-state index contributed by atoms with van der Waals surface area (Å²) in [5.41, 5.74) is 0.578. The molecule has 0 aliphatic carbocycles. The second kappa shape index (κ2) is 7.41. The van der Waals surface area contributed by atoms with Gasteiger partial charge in [0, 0.05) is 45.1 Å². The molecule has 1 fully saturated rings. The molecule has 0 saturated carbocycles. The average Bonchev–Trinajstić information content (AvgIpc) is 3.20. The zero-order chi connectivity index (χ0) is 18.0. The van der Waals surface area contributed by atoms with Gasteiger partial charge in [0.15, 0.2) is 0 Å². The highest BCUT2D eigenvalue weighted by Crippen LogP contribution is 2.15. The van der Waals surface area contributed by atoms with Crippen molar-refractivity contribution in [3.8, 4) is 5.82 Å². The van der Waals surface area contributed by atoms with Gasteiger partial charge in [0.1, 0.15) is 11.4 Å². The van der Waals surface area contributed by atoms with Crippen LogP contribution in [-0.4, -0.2) is 63.0 Å². The topological polar surface area (TPSA) is 64.3 Å². The molecule has 7 nitrogen and oxygen atoms in total. The standard InChI is InChI=1S/C18H27N5O2/c1-13(23-11-14(2)25-15(3)12-23)9-19-17(24)16-10-20-21(4)18(16)22-7-5-6-8-22/h5-8,10,13-15H,9,11-12H2,1-4H3,(H,19,24)/t13-,14+,15+/m0/s1. The fourth-order valence-electron chi connectivity index (χ4n) is 3.42. The minimum atomic E-state index is -0.0991. The molecule has 136 valence electrons. The molecule has 1 aliphatic heterocycles. The first kappa shape index (κ1) is 17.7. The molecular formula is C18H27N5O2. The molecule has 2 aromatic rings. The van der Waals surface area contributed by atoms with E-state index < -0.39 is 0 Å². The first-order chi connectivity index (χ1) is 12.0. The van der Waals surface area contributed by atoms with E-state index in [0.29, 0.717) is 12.1 Å². The number of hydrogen-bond donors (Lipinski definition) is 1. The van der Waals surface area contributed by atoms with E-state index in [1.54, 1.807) is 10.9 Å². The maximum atomic E-state index is 12.7. The molecule has 2 aromatic heterocycles. The number of amides is 1. The molecule has 1 N–H and O–H groups in total. The van der Waals surface area contributed by atoms with Crippen molar-refractivity contribution in [3.05, 3.63) is 36.3 Å². The molecule has 3 rings (SSSR count). The number of carbonyl (C=O) groups is 1. The van der Waals surface area contributed by atoms with Gasteiger partial charge in [-0.3, -0.25) is 14.4 Å². The van der Waals surface area contributed by atoms with Crippen molar-refractivity contribution in [1.82, 2.24) is 24.6 Å². The van der Waals surface area contributed by atoms with Gasteiger partial charge < -0.3 is 14.6 Å². The minimum Gasteiger partial charge on any atom is -0.373 e. The van der Waals surface area contributed by atoms with Crippen molar-refractivity contribution < 1.29 is 9.53 Å². The predicted molar refractivity (Wildman–Crippen MR) is 95.9 cm³/mol. The third kappa shape index (κ3) is 3.93. The van der Waals surface area contributed by atoms with Crippen LogP contribution in [-0.2, 0) is 11.8 Å². The van der Waals surface area contributed by atoms with Crippen molar-refractivity contribution in [2.45, 2.75) is 39.0 Å². The van der Waals surface area contributed by atoms with Gasteiger partial charge in [-0.15, -0.1) is 0 Å². The quantitative estimate of drug-likeness (QED) is 0.891. The van der Waals surface area contributed by atoms with Crippen LogP contribution in [0.1, 0.15) is 31.1 Å². The Labute approximate surface area is 148 Å². The Kier molecular flexibility index (Phi) is 5.24. The van der Waals surface area contributed by atoms with E-state index in [4.69, 9.17) is 4.74 Å². The van der Waals surface area contributed by atoms with E-state index in [9.17, 15) is 4.79 Å². The Hall–Kier alpha value is -2.12. The smallest absolute Gasteiger partial charge is 0.256 e. The van der Waals surface area contributed by atoms with E-state index in [1.165, 1.54) is 0 Å². The Morgan fingerprint density at radius 2 is 1.96 bits per heavy atom. The van der Waals surface area contributed by atoms with Crippen LogP contribution in [0.4, 0.5) is 0 Å². The lowest BCUT2D eigenvalue weighted by Gasteiger charge is -2.39. The van der Waals surface area contributed by atoms with Gasteiger partial charge in [0.2, 0.25) is 0 Å². The molecule has 1 amide bonds. The highest BCUT2D eigenvalue weighted by atomic mass is 16.5. The minimum absolute atomic E-state index is 0.0991. The molecule has 0 aromatic carbocycles. The van der Waals surface area contributed by atoms with Crippen LogP contribution in [0.15, 0.2) is 30.7 Å². The number of ether oxygens (including phenoxy) is 1. The monoisotopic (exact) mass is 345 g/mol. The summed E-state index contributed by atoms with van der Waals surface area (Å²) in [6, 6.07) is 4.11. The molecule has 7 heteroatoms. The van der Waals surface area contributed by atoms with Crippen LogP contribution in [0.5, 0.6) is 0 Å². The third-order valence-electron chi connectivity index (χ3n) is 4.63. The second-order valence-corrected chi connectivity index (χ2v) is 6.87. The highest BCUT2D eigenvalue weighted by molar-refractivity contribution is 5.97. The fraction of sp³-hybridized carbons (Fsp3) is 0.556. The second-order valence-electron chi connectivity index (χ2n) is 6.87. The molecule has 1 saturated heterocycles. The highest BCUT2D eigenvalue weighted by Gasteiger charge is 2.26. The average molecular weight is 345 g/mol. The van der Waals surface area contributed by atoms with Crippen LogP contribution in [0.2, 0.25) is 0 Å². The van der Waals surface area contributed by atoms with Gasteiger partial charge in [0.05, 0.1) is 18.4 Å². The number of carbonyl (C=O) groups excluding carboxylic acids is 1. The maximum Gasteiger partial charge on any atom is 0.256 e. The van der Waals surface area contributed by atoms with E-state index >= 15 is 0 Å². The molecule has 25 heavy (non-hydrogen) atoms. The molecule has 1 aliphatic rings. The van der Waals surface area contributed by atoms with Crippen LogP contribution >= 0.6 is 0 Å². The van der Waals surface area contributed by atoms with Gasteiger partial charge in [-0.1, -0.05) is 0 Å². The first-order valence-electron chi connectivity index (χ1n) is 8.78. The zero-order valence-corrected chi connectivity index (χ0v) is 15.3. The van der Waals surface area contributed by atoms with Gasteiger partial charge in [0.25, 0.3) is 5.91 Å². The molecule has 0 spiro atoms. The van der Waals surface area contributed by atoms with Gasteiger partial charge >= 0.3 is 0 Å². The summed E-state index contributed by atoms with van der Waals surface area (Å²) in [6.07, 6.45) is 5.88. The van der Waals surface area contributed by atoms with E-state index in [2.05, 4.69) is 36.1 Å². The molecular weight excluding hydrogens is 318 g/mol. The summed E-state index contributed by atoms with van der Waals surface area (Å²) >= 11 is 0. The fourth-order valence-corrected chi connectivity index (χ4v) is 3.42. The number of aryl methyl sites for hydroxylation is 1. The molecule has 0 unspecified atom stereocenters. The van der Waals surface area contributed by atoms with Crippen molar-refractivity contribution in [2.75, 3.05) is 19.6 Å². The van der Waals surface area contributed by atoms with Crippen molar-refractivity contribution >= 4 is 5.91 Å². The van der Waals surface area contributed by atoms with Crippen LogP contribution < -0.4 is 5.32 Å². The summed E-state index contributed by atoms with van der Waals surface area (Å²) in [4.78, 5) is 15.0. The molecule has 3 atom stereocenters. The number of aromatic nitrogens is 3. The zero-order valence-electron chi connectivity index (χ0n) is 15.3. The van der Waals surface area contributed by atoms with Crippen molar-refractivity contribution in [2.24, 2.45) is 7.05 Å². The summed E-state index contributed by atoms with van der Waals surface area (Å²) in [7, 11) is 1.84. The lowest BCUT2D eigenvalue weighted by molar-refractivity contribution is -0.0778. The lowest BCUT2D eigenvalue weighted by atomic mass is 10.1. The molecule has 0 radical (unpaired) electrons. The van der Waals surface area contributed by atoms with Crippen LogP contribution in [0, 0.1) is 0 Å². The van der Waals surface area contributed by atoms with Crippen molar-refractivity contribution in [3.63, 3.8) is 0 Å². The maximum absolute atomic E-state index is 12.7. The normalized spacial score (nSPS) is 22.7. The van der Waals surface area contributed by atoms with Gasteiger partial charge in [-0.25, -0.2) is 0 Å². The van der Waals surface area contributed by atoms with E-state index in [1.807, 2.05) is 36.1 Å². The SMILES string of the molecule is C[C@@H]1CN([C@@H](C)CNC(=O)c2cnn(C)c2-n2cccc2)C[C@@H](C)O1. The summed E-state index contributed by atoms with van der Waals surface area (Å²) in [5, 5.41) is 7.29. The van der Waals surface area contributed by atoms with Gasteiger partial charge in [-0.2, -0.15) is 5.10 Å². The summed E-state index contributed by atoms with van der Waals surface area (Å²) < 4.78 is 9.39. The molecule has 3 heterocycles. The first-order valence-corrected chi connectivity index (χ1v) is 8.78. The van der Waals surface area contributed by atoms with Gasteiger partial charge in [-0.05, 0) is 32.9 Å². The number of nitrogens with zero attached hydrogens (tertiary/aromatic N) is 4. The lowest BCUT2D eigenvalue weighted by Crippen LogP contribution is -2.52. The molecule has 0 bridgehead atoms. The third-order valence-corrected chi connectivity index (χ3v) is 4.63. The van der Waals surface area contributed by atoms with Crippen molar-refractivity contribution in [1.29, 1.82) is 0 Å². The largest absolute Gasteiger partial charge is 0.373 e. The van der Waals surface area contributed by atoms with Crippen LogP contribution in [0.3, 0.4) is 0 Å². The van der Waals surface area contributed by atoms with E-state index in [-0.39, 0.29) is 24.2 Å². The number of morpholine rings is 1. The van der Waals surface area contributed by atoms with E-state index in [0.717, 1.165) is 18.9 Å². The van der Waals surface area contributed by atoms with Crippen LogP contribution in [0.25, 0.3) is 5.82 Å². The Bertz CT molecular complexity index is 699. The number of rotatable bonds is 5. The Morgan fingerprint density at radius 1 is 1.32 bits per heavy atom. The Morgan fingerprint density at radius 3 is 2.60 bits per heavy atom. The number of nitrogens with one attached hydrogen (secondary N) is 1. The Balaban J connectivity index is 1.64.